The third kappa shape index (κ3) is 5.25. The van der Waals surface area contributed by atoms with Gasteiger partial charge in [-0.05, 0) is 87.9 Å². The normalized spacial score (nSPS) is 24.9. The first kappa shape index (κ1) is 26.2. The zero-order chi connectivity index (χ0) is 27.0. The average Bonchev–Trinajstić information content (AvgIpc) is 3.46. The number of aryl methyl sites for hydroxylation is 2. The Morgan fingerprint density at radius 2 is 1.61 bits per heavy atom. The van der Waals surface area contributed by atoms with E-state index in [2.05, 4.69) is 32.3 Å². The van der Waals surface area contributed by atoms with Gasteiger partial charge in [-0.1, -0.05) is 6.92 Å². The minimum atomic E-state index is -0.485. The summed E-state index contributed by atoms with van der Waals surface area (Å²) in [4.78, 5) is 46.9. The molecule has 3 aliphatic heterocycles. The van der Waals surface area contributed by atoms with E-state index in [-0.39, 0.29) is 23.9 Å². The van der Waals surface area contributed by atoms with Crippen molar-refractivity contribution in [1.29, 1.82) is 0 Å². The Hall–Kier alpha value is -3.46. The number of likely N-dealkylation sites (tertiary alicyclic amines) is 1. The van der Waals surface area contributed by atoms with Crippen LogP contribution in [0.1, 0.15) is 81.2 Å². The van der Waals surface area contributed by atoms with Gasteiger partial charge in [0, 0.05) is 54.6 Å². The average molecular weight is 519 g/mol. The molecule has 4 heterocycles. The molecule has 0 aliphatic carbocycles. The molecule has 5 rings (SSSR count). The maximum Gasteiger partial charge on any atom is 0.253 e. The number of nitrogens with one attached hydrogen (secondary N) is 2. The van der Waals surface area contributed by atoms with Gasteiger partial charge in [0.05, 0.1) is 5.56 Å². The Morgan fingerprint density at radius 3 is 2.21 bits per heavy atom. The summed E-state index contributed by atoms with van der Waals surface area (Å²) in [6.45, 7) is 8.71. The van der Waals surface area contributed by atoms with Crippen molar-refractivity contribution in [3.8, 4) is 0 Å². The van der Waals surface area contributed by atoms with Crippen LogP contribution in [0.5, 0.6) is 0 Å². The van der Waals surface area contributed by atoms with Crippen LogP contribution < -0.4 is 21.3 Å². The van der Waals surface area contributed by atoms with Crippen molar-refractivity contribution < 1.29 is 14.4 Å². The molecule has 0 saturated carbocycles. The third-order valence-electron chi connectivity index (χ3n) is 8.48. The van der Waals surface area contributed by atoms with E-state index in [0.717, 1.165) is 63.1 Å². The number of fused-ring (bicyclic) bond motifs is 2. The number of likely N-dealkylation sites (N-methyl/N-ethyl adjacent to an activating group) is 1. The van der Waals surface area contributed by atoms with Crippen molar-refractivity contribution >= 4 is 23.5 Å². The lowest BCUT2D eigenvalue weighted by Crippen LogP contribution is -2.51. The first-order valence-electron chi connectivity index (χ1n) is 13.7. The molecule has 4 atom stereocenters. The van der Waals surface area contributed by atoms with Crippen LogP contribution in [0.4, 0.5) is 5.82 Å². The lowest BCUT2D eigenvalue weighted by Gasteiger charge is -2.40. The van der Waals surface area contributed by atoms with Crippen molar-refractivity contribution in [2.75, 3.05) is 24.5 Å². The minimum Gasteiger partial charge on any atom is -0.366 e. The van der Waals surface area contributed by atoms with Crippen LogP contribution in [0.2, 0.25) is 0 Å². The lowest BCUT2D eigenvalue weighted by atomic mass is 9.95. The largest absolute Gasteiger partial charge is 0.366 e. The predicted octanol–water partition coefficient (Wildman–Crippen LogP) is 2.55. The van der Waals surface area contributed by atoms with Gasteiger partial charge < -0.3 is 26.2 Å². The van der Waals surface area contributed by atoms with Crippen molar-refractivity contribution in [3.63, 3.8) is 0 Å². The second-order valence-electron chi connectivity index (χ2n) is 11.0. The molecule has 2 bridgehead atoms. The van der Waals surface area contributed by atoms with Crippen LogP contribution >= 0.6 is 0 Å². The first-order valence-corrected chi connectivity index (χ1v) is 13.7. The number of carbonyl (C=O) groups excluding carboxylic acids is 3. The lowest BCUT2D eigenvalue weighted by molar-refractivity contribution is 0.0921. The van der Waals surface area contributed by atoms with Crippen molar-refractivity contribution in [2.45, 2.75) is 77.0 Å². The summed E-state index contributed by atoms with van der Waals surface area (Å²) >= 11 is 0. The summed E-state index contributed by atoms with van der Waals surface area (Å²) in [7, 11) is 0. The second kappa shape index (κ2) is 10.7. The Morgan fingerprint density at radius 1 is 0.947 bits per heavy atom. The second-order valence-corrected chi connectivity index (χ2v) is 11.0. The summed E-state index contributed by atoms with van der Waals surface area (Å²) in [5.41, 5.74) is 8.52. The molecule has 3 fully saturated rings. The Bertz CT molecular complexity index is 1220. The van der Waals surface area contributed by atoms with Gasteiger partial charge in [-0.3, -0.25) is 14.4 Å². The molecule has 2 aromatic rings. The molecule has 0 spiro atoms. The van der Waals surface area contributed by atoms with E-state index in [1.54, 1.807) is 25.3 Å². The topological polar surface area (TPSA) is 121 Å². The monoisotopic (exact) mass is 518 g/mol. The summed E-state index contributed by atoms with van der Waals surface area (Å²) < 4.78 is 0. The summed E-state index contributed by atoms with van der Waals surface area (Å²) in [6.07, 6.45) is 6.48. The van der Waals surface area contributed by atoms with Gasteiger partial charge in [0.25, 0.3) is 11.8 Å². The molecule has 0 radical (unpaired) electrons. The van der Waals surface area contributed by atoms with E-state index in [1.807, 2.05) is 19.1 Å². The highest BCUT2D eigenvalue weighted by molar-refractivity contribution is 5.99. The molecule has 3 aliphatic rings. The van der Waals surface area contributed by atoms with Gasteiger partial charge in [0.1, 0.15) is 5.82 Å². The molecule has 3 amide bonds. The van der Waals surface area contributed by atoms with Gasteiger partial charge in [0.2, 0.25) is 5.91 Å². The number of amides is 3. The number of carbonyl (C=O) groups is 3. The van der Waals surface area contributed by atoms with Crippen LogP contribution in [0, 0.1) is 13.8 Å². The summed E-state index contributed by atoms with van der Waals surface area (Å²) in [5.74, 6) is 0.231. The maximum absolute atomic E-state index is 13.1. The van der Waals surface area contributed by atoms with Gasteiger partial charge in [-0.15, -0.1) is 0 Å². The third-order valence-corrected chi connectivity index (χ3v) is 8.48. The SMILES string of the molecule is CCN1CC[C@H](NC(=O)c2ccc(N3[C@@H]4CC[C@H]3CC(NC(=O)c3cc(C)c(C(N)=O)cc3C)C4)nc2)C1. The zero-order valence-electron chi connectivity index (χ0n) is 22.5. The Kier molecular flexibility index (Phi) is 7.38. The van der Waals surface area contributed by atoms with Gasteiger partial charge in [-0.25, -0.2) is 4.98 Å². The fourth-order valence-electron chi connectivity index (χ4n) is 6.44. The van der Waals surface area contributed by atoms with Crippen LogP contribution in [0.25, 0.3) is 0 Å². The number of benzene rings is 1. The number of anilines is 1. The number of pyridine rings is 1. The molecule has 3 saturated heterocycles. The van der Waals surface area contributed by atoms with Gasteiger partial charge in [0.15, 0.2) is 0 Å². The van der Waals surface area contributed by atoms with E-state index < -0.39 is 5.91 Å². The fourth-order valence-corrected chi connectivity index (χ4v) is 6.44. The van der Waals surface area contributed by atoms with E-state index in [4.69, 9.17) is 5.73 Å². The minimum absolute atomic E-state index is 0.0641. The highest BCUT2D eigenvalue weighted by atomic mass is 16.2. The van der Waals surface area contributed by atoms with Crippen LogP contribution in [-0.4, -0.2) is 71.4 Å². The highest BCUT2D eigenvalue weighted by Gasteiger charge is 2.42. The predicted molar refractivity (Wildman–Crippen MR) is 146 cm³/mol. The van der Waals surface area contributed by atoms with Crippen LogP contribution in [0.3, 0.4) is 0 Å². The Balaban J connectivity index is 1.20. The first-order chi connectivity index (χ1) is 18.2. The van der Waals surface area contributed by atoms with Crippen LogP contribution in [0.15, 0.2) is 30.5 Å². The highest BCUT2D eigenvalue weighted by Crippen LogP contribution is 2.38. The molecule has 202 valence electrons. The quantitative estimate of drug-likeness (QED) is 0.518. The molecule has 4 N–H and O–H groups in total. The van der Waals surface area contributed by atoms with E-state index in [0.29, 0.717) is 34.3 Å². The zero-order valence-corrected chi connectivity index (χ0v) is 22.5. The van der Waals surface area contributed by atoms with Crippen molar-refractivity contribution in [3.05, 3.63) is 58.3 Å². The van der Waals surface area contributed by atoms with Gasteiger partial charge in [-0.2, -0.15) is 0 Å². The molecular formula is C29H38N6O3. The number of primary amides is 1. The standard InChI is InChI=1S/C29H38N6O3/c1-4-34-10-9-20(16-34)32-28(37)19-5-8-26(31-15-19)35-22-6-7-23(35)14-21(13-22)33-29(38)25-12-17(2)24(27(30)36)11-18(25)3/h5,8,11-12,15,20-23H,4,6-7,9-10,13-14,16H2,1-3H3,(H2,30,36)(H,32,37)(H,33,38)/t20-,21?,22-,23+/m0/s1. The molecule has 38 heavy (non-hydrogen) atoms. The fraction of sp³-hybridized carbons (Fsp3) is 0.517. The number of aromatic nitrogens is 1. The molecule has 9 nitrogen and oxygen atoms in total. The molecule has 1 aromatic carbocycles. The van der Waals surface area contributed by atoms with Gasteiger partial charge >= 0.3 is 0 Å². The number of nitrogens with two attached hydrogens (primary N) is 1. The van der Waals surface area contributed by atoms with Crippen molar-refractivity contribution in [2.24, 2.45) is 5.73 Å². The molecule has 1 aromatic heterocycles. The number of nitrogens with zero attached hydrogens (tertiary/aromatic N) is 3. The number of hydrogen-bond donors (Lipinski definition) is 3. The number of rotatable bonds is 7. The summed E-state index contributed by atoms with van der Waals surface area (Å²) in [6, 6.07) is 8.14. The van der Waals surface area contributed by atoms with Crippen molar-refractivity contribution in [1.82, 2.24) is 20.5 Å². The van der Waals surface area contributed by atoms with Crippen LogP contribution in [-0.2, 0) is 0 Å². The molecule has 9 heteroatoms. The molecular weight excluding hydrogens is 480 g/mol. The van der Waals surface area contributed by atoms with E-state index in [1.165, 1.54) is 0 Å². The smallest absolute Gasteiger partial charge is 0.253 e. The summed E-state index contributed by atoms with van der Waals surface area (Å²) in [5, 5.41) is 6.38. The Labute approximate surface area is 224 Å². The van der Waals surface area contributed by atoms with E-state index in [9.17, 15) is 14.4 Å². The number of hydrogen-bond acceptors (Lipinski definition) is 6. The maximum atomic E-state index is 13.1. The molecule has 1 unspecified atom stereocenters. The van der Waals surface area contributed by atoms with E-state index >= 15 is 0 Å². The number of piperidine rings is 1.